The number of amides is 1. The highest BCUT2D eigenvalue weighted by atomic mass is 79.9. The molecule has 0 aromatic heterocycles. The van der Waals surface area contributed by atoms with Gasteiger partial charge in [0.25, 0.3) is 5.91 Å². The van der Waals surface area contributed by atoms with E-state index in [0.29, 0.717) is 12.3 Å². The van der Waals surface area contributed by atoms with Crippen LogP contribution in [0.4, 0.5) is 13.2 Å². The van der Waals surface area contributed by atoms with Crippen LogP contribution in [0.3, 0.4) is 0 Å². The molecule has 8 heteroatoms. The maximum absolute atomic E-state index is 12.8. The van der Waals surface area contributed by atoms with Crippen LogP contribution in [0.1, 0.15) is 22.3 Å². The average Bonchev–Trinajstić information content (AvgIpc) is 2.38. The van der Waals surface area contributed by atoms with Crippen LogP contribution in [0.2, 0.25) is 0 Å². The molecule has 0 heterocycles. The van der Waals surface area contributed by atoms with E-state index in [9.17, 15) is 18.0 Å². The van der Waals surface area contributed by atoms with Crippen molar-refractivity contribution in [2.45, 2.75) is 18.6 Å². The lowest BCUT2D eigenvalue weighted by Crippen LogP contribution is -2.38. The quantitative estimate of drug-likeness (QED) is 0.752. The summed E-state index contributed by atoms with van der Waals surface area (Å²) in [6, 6.07) is 2.98. The molecule has 1 aromatic rings. The largest absolute Gasteiger partial charge is 0.417 e. The molecule has 21 heavy (non-hydrogen) atoms. The van der Waals surface area contributed by atoms with Crippen molar-refractivity contribution in [1.82, 2.24) is 5.32 Å². The van der Waals surface area contributed by atoms with Gasteiger partial charge in [0.15, 0.2) is 0 Å². The van der Waals surface area contributed by atoms with Crippen molar-refractivity contribution in [3.63, 3.8) is 0 Å². The van der Waals surface area contributed by atoms with E-state index in [1.165, 1.54) is 19.2 Å². The van der Waals surface area contributed by atoms with Crippen LogP contribution >= 0.6 is 27.5 Å². The van der Waals surface area contributed by atoms with E-state index in [1.54, 1.807) is 0 Å². The van der Waals surface area contributed by atoms with Gasteiger partial charge in [0.2, 0.25) is 0 Å². The summed E-state index contributed by atoms with van der Waals surface area (Å²) in [6.45, 7) is 0.237. The summed E-state index contributed by atoms with van der Waals surface area (Å²) in [5.41, 5.74) is -0.961. The Hall–Kier alpha value is -0.790. The molecule has 0 saturated heterocycles. The van der Waals surface area contributed by atoms with E-state index in [0.717, 1.165) is 6.07 Å². The average molecular weight is 389 g/mol. The second kappa shape index (κ2) is 8.00. The second-order valence-electron chi connectivity index (χ2n) is 4.30. The Morgan fingerprint density at radius 1 is 1.48 bits per heavy atom. The van der Waals surface area contributed by atoms with Crippen molar-refractivity contribution < 1.29 is 22.7 Å². The summed E-state index contributed by atoms with van der Waals surface area (Å²) < 4.78 is 43.2. The minimum atomic E-state index is -4.53. The van der Waals surface area contributed by atoms with Gasteiger partial charge in [0, 0.05) is 23.0 Å². The third-order valence-electron chi connectivity index (χ3n) is 2.69. The molecule has 1 aromatic carbocycles. The van der Waals surface area contributed by atoms with Crippen LogP contribution in [-0.4, -0.2) is 31.5 Å². The van der Waals surface area contributed by atoms with Crippen molar-refractivity contribution >= 4 is 33.4 Å². The number of methoxy groups -OCH3 is 1. The Bertz CT molecular complexity index is 491. The molecule has 0 spiro atoms. The number of halogens is 5. The minimum Gasteiger partial charge on any atom is -0.383 e. The Balaban J connectivity index is 2.92. The zero-order chi connectivity index (χ0) is 16.0. The number of benzene rings is 1. The molecule has 1 N–H and O–H groups in total. The summed E-state index contributed by atoms with van der Waals surface area (Å²) in [5.74, 6) is -0.289. The van der Waals surface area contributed by atoms with E-state index in [-0.39, 0.29) is 22.7 Å². The highest BCUT2D eigenvalue weighted by Crippen LogP contribution is 2.35. The molecule has 1 rings (SSSR count). The zero-order valence-electron chi connectivity index (χ0n) is 11.1. The fourth-order valence-electron chi connectivity index (χ4n) is 1.68. The second-order valence-corrected chi connectivity index (χ2v) is 5.53. The van der Waals surface area contributed by atoms with E-state index in [1.807, 2.05) is 0 Å². The van der Waals surface area contributed by atoms with Crippen LogP contribution in [0.25, 0.3) is 0 Å². The van der Waals surface area contributed by atoms with Crippen molar-refractivity contribution in [2.75, 3.05) is 19.6 Å². The number of rotatable bonds is 6. The highest BCUT2D eigenvalue weighted by Gasteiger charge is 2.33. The first kappa shape index (κ1) is 18.3. The fraction of sp³-hybridized carbons (Fsp3) is 0.462. The number of hydrogen-bond acceptors (Lipinski definition) is 2. The summed E-state index contributed by atoms with van der Waals surface area (Å²) in [7, 11) is 1.47. The van der Waals surface area contributed by atoms with Gasteiger partial charge in [-0.1, -0.05) is 15.9 Å². The molecule has 1 atom stereocenters. The van der Waals surface area contributed by atoms with Gasteiger partial charge in [-0.25, -0.2) is 0 Å². The van der Waals surface area contributed by atoms with Crippen molar-refractivity contribution in [1.29, 1.82) is 0 Å². The smallest absolute Gasteiger partial charge is 0.383 e. The van der Waals surface area contributed by atoms with Crippen molar-refractivity contribution in [2.24, 2.45) is 0 Å². The lowest BCUT2D eigenvalue weighted by Gasteiger charge is -2.17. The van der Waals surface area contributed by atoms with Crippen LogP contribution in [0.15, 0.2) is 22.7 Å². The van der Waals surface area contributed by atoms with Gasteiger partial charge in [-0.15, -0.1) is 11.6 Å². The molecule has 0 radical (unpaired) electrons. The molecule has 0 bridgehead atoms. The Morgan fingerprint density at radius 2 is 2.14 bits per heavy atom. The summed E-state index contributed by atoms with van der Waals surface area (Å²) >= 11 is 8.43. The SMILES string of the molecule is COCC(CCCl)NC(=O)c1ccc(Br)c(C(F)(F)F)c1. The number of carbonyl (C=O) groups excluding carboxylic acids is 1. The number of ether oxygens (including phenoxy) is 1. The predicted molar refractivity (Wildman–Crippen MR) is 77.6 cm³/mol. The third-order valence-corrected chi connectivity index (χ3v) is 3.60. The molecule has 0 saturated carbocycles. The van der Waals surface area contributed by atoms with E-state index in [2.05, 4.69) is 21.2 Å². The molecule has 0 aliphatic rings. The third kappa shape index (κ3) is 5.48. The number of nitrogens with one attached hydrogen (secondary N) is 1. The normalized spacial score (nSPS) is 13.0. The maximum atomic E-state index is 12.8. The number of carbonyl (C=O) groups is 1. The van der Waals surface area contributed by atoms with Gasteiger partial charge in [-0.2, -0.15) is 13.2 Å². The van der Waals surface area contributed by atoms with Gasteiger partial charge in [-0.3, -0.25) is 4.79 Å². The first-order valence-electron chi connectivity index (χ1n) is 6.02. The summed E-state index contributed by atoms with van der Waals surface area (Å²) in [4.78, 5) is 12.0. The van der Waals surface area contributed by atoms with Gasteiger partial charge < -0.3 is 10.1 Å². The lowest BCUT2D eigenvalue weighted by molar-refractivity contribution is -0.138. The van der Waals surface area contributed by atoms with Gasteiger partial charge in [0.05, 0.1) is 18.2 Å². The molecule has 0 fully saturated rings. The lowest BCUT2D eigenvalue weighted by atomic mass is 10.1. The zero-order valence-corrected chi connectivity index (χ0v) is 13.5. The Labute approximate surface area is 133 Å². The predicted octanol–water partition coefficient (Wildman–Crippen LogP) is 3.84. The molecule has 0 aliphatic heterocycles. The van der Waals surface area contributed by atoms with E-state index < -0.39 is 17.6 Å². The monoisotopic (exact) mass is 387 g/mol. The van der Waals surface area contributed by atoms with Gasteiger partial charge in [0.1, 0.15) is 0 Å². The number of hydrogen-bond donors (Lipinski definition) is 1. The molecular formula is C13H14BrClF3NO2. The molecule has 3 nitrogen and oxygen atoms in total. The topological polar surface area (TPSA) is 38.3 Å². The molecule has 0 aliphatic carbocycles. The maximum Gasteiger partial charge on any atom is 0.417 e. The molecule has 118 valence electrons. The Morgan fingerprint density at radius 3 is 2.67 bits per heavy atom. The highest BCUT2D eigenvalue weighted by molar-refractivity contribution is 9.10. The molecular weight excluding hydrogens is 374 g/mol. The summed E-state index contributed by atoms with van der Waals surface area (Å²) in [5, 5.41) is 2.60. The van der Waals surface area contributed by atoms with E-state index in [4.69, 9.17) is 16.3 Å². The molecule has 1 unspecified atom stereocenters. The summed E-state index contributed by atoms with van der Waals surface area (Å²) in [6.07, 6.45) is -4.07. The number of alkyl halides is 4. The first-order chi connectivity index (χ1) is 9.79. The van der Waals surface area contributed by atoms with Gasteiger partial charge >= 0.3 is 6.18 Å². The first-order valence-corrected chi connectivity index (χ1v) is 7.34. The van der Waals surface area contributed by atoms with Crippen molar-refractivity contribution in [3.05, 3.63) is 33.8 Å². The van der Waals surface area contributed by atoms with Crippen LogP contribution in [0, 0.1) is 0 Å². The van der Waals surface area contributed by atoms with Crippen molar-refractivity contribution in [3.8, 4) is 0 Å². The Kier molecular flexibility index (Phi) is 6.96. The minimum absolute atomic E-state index is 0.0683. The van der Waals surface area contributed by atoms with Crippen LogP contribution in [0.5, 0.6) is 0 Å². The van der Waals surface area contributed by atoms with E-state index >= 15 is 0 Å². The van der Waals surface area contributed by atoms with Crippen LogP contribution < -0.4 is 5.32 Å². The van der Waals surface area contributed by atoms with Crippen LogP contribution in [-0.2, 0) is 10.9 Å². The molecule has 1 amide bonds. The fourth-order valence-corrected chi connectivity index (χ4v) is 2.42. The standard InChI is InChI=1S/C13H14BrClF3NO2/c1-21-7-9(4-5-15)19-12(20)8-2-3-11(14)10(6-8)13(16,17)18/h2-3,6,9H,4-5,7H2,1H3,(H,19,20). The van der Waals surface area contributed by atoms with Gasteiger partial charge in [-0.05, 0) is 24.6 Å².